The van der Waals surface area contributed by atoms with E-state index in [0.717, 1.165) is 0 Å². The Morgan fingerprint density at radius 2 is 2.11 bits per heavy atom. The molecular weight excluding hydrogens is 138 g/mol. The number of carbonyl (C=O) groups excluding carboxylic acids is 1. The largest absolute Gasteiger partial charge is 0.348 e. The molecule has 0 heterocycles. The molecule has 0 spiro atoms. The van der Waals surface area contributed by atoms with Crippen LogP contribution >= 0.6 is 11.6 Å². The lowest BCUT2D eigenvalue weighted by molar-refractivity contribution is -0.128. The first kappa shape index (κ1) is 8.76. The first-order chi connectivity index (χ1) is 4.09. The van der Waals surface area contributed by atoms with Crippen LogP contribution in [0.5, 0.6) is 0 Å². The van der Waals surface area contributed by atoms with Gasteiger partial charge < -0.3 is 4.90 Å². The number of hydrogen-bond donors (Lipinski definition) is 0. The molecule has 0 saturated carbocycles. The van der Waals surface area contributed by atoms with Gasteiger partial charge in [-0.15, -0.1) is 11.6 Å². The summed E-state index contributed by atoms with van der Waals surface area (Å²) in [6.45, 7) is 1.89. The third-order valence-corrected chi connectivity index (χ3v) is 1.56. The van der Waals surface area contributed by atoms with E-state index in [1.54, 1.807) is 14.1 Å². The molecular formula is C6H12ClNO. The summed E-state index contributed by atoms with van der Waals surface area (Å²) in [5.41, 5.74) is 0. The van der Waals surface area contributed by atoms with Crippen LogP contribution < -0.4 is 0 Å². The van der Waals surface area contributed by atoms with Crippen LogP contribution in [0.3, 0.4) is 0 Å². The van der Waals surface area contributed by atoms with Crippen molar-refractivity contribution in [1.29, 1.82) is 0 Å². The van der Waals surface area contributed by atoms with Crippen molar-refractivity contribution in [2.75, 3.05) is 14.1 Å². The summed E-state index contributed by atoms with van der Waals surface area (Å²) in [5, 5.41) is -0.347. The van der Waals surface area contributed by atoms with Gasteiger partial charge in [0.1, 0.15) is 5.38 Å². The average Bonchev–Trinajstić information content (AvgIpc) is 1.84. The summed E-state index contributed by atoms with van der Waals surface area (Å²) in [4.78, 5) is 12.4. The minimum absolute atomic E-state index is 0.0147. The van der Waals surface area contributed by atoms with Gasteiger partial charge in [-0.25, -0.2) is 0 Å². The van der Waals surface area contributed by atoms with Crippen LogP contribution in [0.1, 0.15) is 13.3 Å². The van der Waals surface area contributed by atoms with Gasteiger partial charge in [0, 0.05) is 14.1 Å². The van der Waals surface area contributed by atoms with E-state index in [-0.39, 0.29) is 11.3 Å². The number of halogens is 1. The van der Waals surface area contributed by atoms with Gasteiger partial charge in [0.15, 0.2) is 0 Å². The smallest absolute Gasteiger partial charge is 0.240 e. The van der Waals surface area contributed by atoms with Crippen LogP contribution in [0.25, 0.3) is 0 Å². The van der Waals surface area contributed by atoms with E-state index < -0.39 is 0 Å². The average molecular weight is 150 g/mol. The molecule has 0 aromatic carbocycles. The van der Waals surface area contributed by atoms with Gasteiger partial charge in [0.2, 0.25) is 5.91 Å². The van der Waals surface area contributed by atoms with Crippen LogP contribution in [0, 0.1) is 0 Å². The summed E-state index contributed by atoms with van der Waals surface area (Å²) >= 11 is 5.62. The highest BCUT2D eigenvalue weighted by Crippen LogP contribution is 2.02. The van der Waals surface area contributed by atoms with E-state index in [4.69, 9.17) is 11.6 Å². The molecule has 1 atom stereocenters. The number of alkyl halides is 1. The van der Waals surface area contributed by atoms with Crippen LogP contribution in [0.4, 0.5) is 0 Å². The van der Waals surface area contributed by atoms with Gasteiger partial charge in [-0.05, 0) is 6.42 Å². The van der Waals surface area contributed by atoms with Crippen molar-refractivity contribution in [1.82, 2.24) is 4.90 Å². The van der Waals surface area contributed by atoms with Crippen molar-refractivity contribution in [3.05, 3.63) is 0 Å². The van der Waals surface area contributed by atoms with Crippen molar-refractivity contribution in [3.8, 4) is 0 Å². The van der Waals surface area contributed by atoms with E-state index in [2.05, 4.69) is 0 Å². The molecule has 0 bridgehead atoms. The van der Waals surface area contributed by atoms with Crippen molar-refractivity contribution < 1.29 is 4.79 Å². The molecule has 3 heteroatoms. The molecule has 54 valence electrons. The lowest BCUT2D eigenvalue weighted by Gasteiger charge is -2.12. The molecule has 0 aliphatic heterocycles. The number of rotatable bonds is 2. The molecule has 9 heavy (non-hydrogen) atoms. The summed E-state index contributed by atoms with van der Waals surface area (Å²) in [6.07, 6.45) is 0.693. The van der Waals surface area contributed by atoms with Crippen molar-refractivity contribution in [2.45, 2.75) is 18.7 Å². The summed E-state index contributed by atoms with van der Waals surface area (Å²) in [7, 11) is 3.40. The monoisotopic (exact) mass is 149 g/mol. The summed E-state index contributed by atoms with van der Waals surface area (Å²) < 4.78 is 0. The topological polar surface area (TPSA) is 20.3 Å². The molecule has 0 fully saturated rings. The van der Waals surface area contributed by atoms with E-state index in [0.29, 0.717) is 6.42 Å². The third kappa shape index (κ3) is 2.70. The first-order valence-electron chi connectivity index (χ1n) is 2.94. The van der Waals surface area contributed by atoms with Crippen molar-refractivity contribution >= 4 is 17.5 Å². The predicted molar refractivity (Wildman–Crippen MR) is 38.6 cm³/mol. The van der Waals surface area contributed by atoms with E-state index in [1.165, 1.54) is 4.90 Å². The fraction of sp³-hybridized carbons (Fsp3) is 0.833. The lowest BCUT2D eigenvalue weighted by Crippen LogP contribution is -2.29. The van der Waals surface area contributed by atoms with Crippen molar-refractivity contribution in [2.24, 2.45) is 0 Å². The highest BCUT2D eigenvalue weighted by Gasteiger charge is 2.13. The van der Waals surface area contributed by atoms with Crippen LogP contribution in [0.2, 0.25) is 0 Å². The van der Waals surface area contributed by atoms with E-state index in [9.17, 15) is 4.79 Å². The maximum atomic E-state index is 10.9. The number of hydrogen-bond acceptors (Lipinski definition) is 1. The van der Waals surface area contributed by atoms with Gasteiger partial charge in [-0.2, -0.15) is 0 Å². The second-order valence-electron chi connectivity index (χ2n) is 2.11. The normalized spacial score (nSPS) is 12.9. The molecule has 0 radical (unpaired) electrons. The van der Waals surface area contributed by atoms with Crippen LogP contribution in [-0.2, 0) is 4.79 Å². The fourth-order valence-corrected chi connectivity index (χ4v) is 0.650. The van der Waals surface area contributed by atoms with Gasteiger partial charge in [-0.3, -0.25) is 4.79 Å². The molecule has 0 aliphatic rings. The maximum absolute atomic E-state index is 10.9. The van der Waals surface area contributed by atoms with Gasteiger partial charge >= 0.3 is 0 Å². The Morgan fingerprint density at radius 3 is 2.22 bits per heavy atom. The number of nitrogens with zero attached hydrogens (tertiary/aromatic N) is 1. The van der Waals surface area contributed by atoms with Gasteiger partial charge in [0.25, 0.3) is 0 Å². The summed E-state index contributed by atoms with van der Waals surface area (Å²) in [5.74, 6) is -0.0147. The maximum Gasteiger partial charge on any atom is 0.240 e. The zero-order chi connectivity index (χ0) is 7.44. The molecule has 0 saturated heterocycles. The molecule has 0 aromatic heterocycles. The molecule has 1 unspecified atom stereocenters. The second-order valence-corrected chi connectivity index (χ2v) is 2.64. The van der Waals surface area contributed by atoms with E-state index >= 15 is 0 Å². The minimum Gasteiger partial charge on any atom is -0.348 e. The molecule has 0 rings (SSSR count). The van der Waals surface area contributed by atoms with E-state index in [1.807, 2.05) is 6.92 Å². The van der Waals surface area contributed by atoms with Gasteiger partial charge in [0.05, 0.1) is 0 Å². The number of carbonyl (C=O) groups is 1. The third-order valence-electron chi connectivity index (χ3n) is 1.07. The quantitative estimate of drug-likeness (QED) is 0.539. The zero-order valence-corrected chi connectivity index (χ0v) is 6.77. The second kappa shape index (κ2) is 3.72. The minimum atomic E-state index is -0.347. The Kier molecular flexibility index (Phi) is 3.62. The molecule has 0 aromatic rings. The lowest BCUT2D eigenvalue weighted by atomic mass is 10.3. The Morgan fingerprint density at radius 1 is 1.67 bits per heavy atom. The van der Waals surface area contributed by atoms with Gasteiger partial charge in [-0.1, -0.05) is 6.92 Å². The Labute approximate surface area is 60.8 Å². The molecule has 1 amide bonds. The molecule has 2 nitrogen and oxygen atoms in total. The Balaban J connectivity index is 3.73. The number of amides is 1. The fourth-order valence-electron chi connectivity index (χ4n) is 0.455. The Hall–Kier alpha value is -0.240. The molecule has 0 N–H and O–H groups in total. The zero-order valence-electron chi connectivity index (χ0n) is 6.02. The Bertz CT molecular complexity index is 103. The highest BCUT2D eigenvalue weighted by molar-refractivity contribution is 6.30. The standard InChI is InChI=1S/C6H12ClNO/c1-4-5(7)6(9)8(2)3/h5H,4H2,1-3H3. The SMILES string of the molecule is CCC(Cl)C(=O)N(C)C. The van der Waals surface area contributed by atoms with Crippen LogP contribution in [-0.4, -0.2) is 30.3 Å². The highest BCUT2D eigenvalue weighted by atomic mass is 35.5. The van der Waals surface area contributed by atoms with Crippen LogP contribution in [0.15, 0.2) is 0 Å². The predicted octanol–water partition coefficient (Wildman–Crippen LogP) is 1.09. The summed E-state index contributed by atoms with van der Waals surface area (Å²) in [6, 6.07) is 0. The molecule has 0 aliphatic carbocycles. The van der Waals surface area contributed by atoms with Crippen molar-refractivity contribution in [3.63, 3.8) is 0 Å². The first-order valence-corrected chi connectivity index (χ1v) is 3.38.